The summed E-state index contributed by atoms with van der Waals surface area (Å²) in [5, 5.41) is 0. The van der Waals surface area contributed by atoms with Gasteiger partial charge >= 0.3 is 28.6 Å². The van der Waals surface area contributed by atoms with Crippen LogP contribution in [-0.2, 0) is 32.4 Å². The molecule has 0 rings (SSSR count). The van der Waals surface area contributed by atoms with Crippen molar-refractivity contribution in [3.63, 3.8) is 0 Å². The highest BCUT2D eigenvalue weighted by Crippen LogP contribution is 2.01. The minimum absolute atomic E-state index is 0.00463. The van der Waals surface area contributed by atoms with Crippen LogP contribution in [0.3, 0.4) is 0 Å². The van der Waals surface area contributed by atoms with Gasteiger partial charge in [-0.3, -0.25) is 19.2 Å². The van der Waals surface area contributed by atoms with Gasteiger partial charge in [0.05, 0.1) is 13.2 Å². The van der Waals surface area contributed by atoms with Gasteiger partial charge in [-0.2, -0.15) is 0 Å². The second kappa shape index (κ2) is 16.6. The molecule has 0 fully saturated rings. The predicted octanol–water partition coefficient (Wildman–Crippen LogP) is 1.94. The molecule has 0 heterocycles. The SMILES string of the molecule is CC(C)(C)[O][Al].CCOC(=O)CC(C)=O.CCOC(=O)CC(C)=O. The number of hydrogen-bond acceptors (Lipinski definition) is 7. The van der Waals surface area contributed by atoms with E-state index >= 15 is 0 Å². The van der Waals surface area contributed by atoms with E-state index in [0.29, 0.717) is 13.2 Å². The van der Waals surface area contributed by atoms with E-state index in [1.165, 1.54) is 13.8 Å². The Balaban J connectivity index is -0.000000282. The Hall–Kier alpha value is -1.23. The Bertz CT molecular complexity index is 356. The van der Waals surface area contributed by atoms with Crippen LogP contribution in [0.1, 0.15) is 61.3 Å². The molecule has 7 nitrogen and oxygen atoms in total. The Morgan fingerprint density at radius 3 is 1.17 bits per heavy atom. The topological polar surface area (TPSA) is 96.0 Å². The van der Waals surface area contributed by atoms with Crippen LogP contribution >= 0.6 is 0 Å². The number of hydrogen-bond donors (Lipinski definition) is 0. The lowest BCUT2D eigenvalue weighted by atomic mass is 10.2. The summed E-state index contributed by atoms with van der Waals surface area (Å²) < 4.78 is 13.8. The Labute approximate surface area is 153 Å². The standard InChI is InChI=1S/2C6H10O3.C4H9O.Al/c2*1-3-9-6(8)4-5(2)7;1-4(2,3)5;/h2*3-4H2,1-2H3;1-3H3;/q;;-1;+1. The molecule has 0 aliphatic carbocycles. The zero-order chi connectivity index (χ0) is 19.8. The largest absolute Gasteiger partial charge is 0.512 e. The molecule has 0 saturated carbocycles. The summed E-state index contributed by atoms with van der Waals surface area (Å²) >= 11 is 2.22. The molecule has 0 atom stereocenters. The summed E-state index contributed by atoms with van der Waals surface area (Å²) in [4.78, 5) is 41.3. The number of rotatable bonds is 6. The molecule has 2 radical (unpaired) electrons. The molecular formula is C16H29AlO7. The first-order valence-electron chi connectivity index (χ1n) is 7.57. The van der Waals surface area contributed by atoms with Gasteiger partial charge < -0.3 is 13.3 Å². The zero-order valence-electron chi connectivity index (χ0n) is 15.8. The van der Waals surface area contributed by atoms with Crippen molar-refractivity contribution in [2.75, 3.05) is 13.2 Å². The highest BCUT2D eigenvalue weighted by Gasteiger charge is 2.04. The van der Waals surface area contributed by atoms with E-state index in [4.69, 9.17) is 3.79 Å². The molecule has 0 aromatic heterocycles. The summed E-state index contributed by atoms with van der Waals surface area (Å²) in [5.41, 5.74) is 0.00463. The lowest BCUT2D eigenvalue weighted by molar-refractivity contribution is -0.146. The monoisotopic (exact) mass is 360 g/mol. The van der Waals surface area contributed by atoms with Gasteiger partial charge in [-0.15, -0.1) is 0 Å². The number of ketones is 2. The molecule has 0 amide bonds. The smallest absolute Gasteiger partial charge is 0.369 e. The quantitative estimate of drug-likeness (QED) is 0.406. The van der Waals surface area contributed by atoms with Crippen molar-refractivity contribution >= 4 is 40.1 Å². The van der Waals surface area contributed by atoms with Crippen molar-refractivity contribution < 1.29 is 32.4 Å². The van der Waals surface area contributed by atoms with Gasteiger partial charge in [0.1, 0.15) is 24.4 Å². The Morgan fingerprint density at radius 1 is 0.792 bits per heavy atom. The predicted molar refractivity (Wildman–Crippen MR) is 90.5 cm³/mol. The number of ether oxygens (including phenoxy) is 2. The molecule has 0 aromatic carbocycles. The molecule has 0 spiro atoms. The van der Waals surface area contributed by atoms with E-state index in [0.717, 1.165) is 0 Å². The van der Waals surface area contributed by atoms with Crippen LogP contribution in [-0.4, -0.2) is 58.9 Å². The number of carbonyl (C=O) groups is 4. The van der Waals surface area contributed by atoms with E-state index in [1.807, 2.05) is 20.8 Å². The maximum atomic E-state index is 10.4. The van der Waals surface area contributed by atoms with Crippen molar-refractivity contribution in [2.24, 2.45) is 0 Å². The van der Waals surface area contributed by atoms with Crippen molar-refractivity contribution in [1.29, 1.82) is 0 Å². The third-order valence-electron chi connectivity index (χ3n) is 1.75. The molecule has 8 heteroatoms. The third kappa shape index (κ3) is 32.6. The Morgan fingerprint density at radius 2 is 1.04 bits per heavy atom. The van der Waals surface area contributed by atoms with E-state index in [9.17, 15) is 19.2 Å². The van der Waals surface area contributed by atoms with Gasteiger partial charge in [0.25, 0.3) is 0 Å². The zero-order valence-corrected chi connectivity index (χ0v) is 16.9. The van der Waals surface area contributed by atoms with E-state index in [-0.39, 0.29) is 30.0 Å². The average Bonchev–Trinajstić information content (AvgIpc) is 2.38. The first kappa shape index (κ1) is 27.6. The Kier molecular flexibility index (Phi) is 19.1. The minimum atomic E-state index is -0.440. The maximum absolute atomic E-state index is 10.4. The highest BCUT2D eigenvalue weighted by atomic mass is 27.1. The molecule has 24 heavy (non-hydrogen) atoms. The average molecular weight is 360 g/mol. The lowest BCUT2D eigenvalue weighted by Gasteiger charge is -2.17. The summed E-state index contributed by atoms with van der Waals surface area (Å²) in [7, 11) is 0. The van der Waals surface area contributed by atoms with Crippen LogP contribution in [0.2, 0.25) is 0 Å². The summed E-state index contributed by atoms with van der Waals surface area (Å²) in [6, 6.07) is 0. The lowest BCUT2D eigenvalue weighted by Crippen LogP contribution is -2.16. The number of esters is 2. The third-order valence-corrected chi connectivity index (χ3v) is 2.46. The fourth-order valence-electron chi connectivity index (χ4n) is 0.831. The minimum Gasteiger partial charge on any atom is -0.512 e. The van der Waals surface area contributed by atoms with Crippen LogP contribution in [0.4, 0.5) is 0 Å². The van der Waals surface area contributed by atoms with Crippen molar-refractivity contribution in [3.05, 3.63) is 0 Å². The second-order valence-corrected chi connectivity index (χ2v) is 5.83. The van der Waals surface area contributed by atoms with Crippen LogP contribution in [0.5, 0.6) is 0 Å². The molecule has 0 aliphatic heterocycles. The normalized spacial score (nSPS) is 9.46. The maximum Gasteiger partial charge on any atom is 0.369 e. The summed E-state index contributed by atoms with van der Waals surface area (Å²) in [5.74, 6) is -1.20. The van der Waals surface area contributed by atoms with Crippen molar-refractivity contribution in [2.45, 2.75) is 66.9 Å². The van der Waals surface area contributed by atoms with E-state index in [1.54, 1.807) is 13.8 Å². The summed E-state index contributed by atoms with van der Waals surface area (Å²) in [6.07, 6.45) is -0.207. The van der Waals surface area contributed by atoms with Gasteiger partial charge in [-0.25, -0.2) is 0 Å². The van der Waals surface area contributed by atoms with E-state index < -0.39 is 11.9 Å². The van der Waals surface area contributed by atoms with Gasteiger partial charge in [-0.1, -0.05) is 0 Å². The highest BCUT2D eigenvalue weighted by molar-refractivity contribution is 5.98. The van der Waals surface area contributed by atoms with Crippen molar-refractivity contribution in [1.82, 2.24) is 0 Å². The van der Waals surface area contributed by atoms with Gasteiger partial charge in [-0.05, 0) is 48.5 Å². The fourth-order valence-corrected chi connectivity index (χ4v) is 0.831. The van der Waals surface area contributed by atoms with Gasteiger partial charge in [0.15, 0.2) is 0 Å². The molecule has 0 aliphatic rings. The second-order valence-electron chi connectivity index (χ2n) is 5.60. The number of carbonyl (C=O) groups excluding carboxylic acids is 4. The molecule has 0 N–H and O–H groups in total. The van der Waals surface area contributed by atoms with Crippen LogP contribution < -0.4 is 0 Å². The molecule has 0 unspecified atom stereocenters. The van der Waals surface area contributed by atoms with Crippen LogP contribution in [0, 0.1) is 0 Å². The molecular weight excluding hydrogens is 331 g/mol. The van der Waals surface area contributed by atoms with Crippen LogP contribution in [0.15, 0.2) is 0 Å². The molecule has 0 saturated heterocycles. The molecule has 0 bridgehead atoms. The van der Waals surface area contributed by atoms with Gasteiger partial charge in [0.2, 0.25) is 0 Å². The van der Waals surface area contributed by atoms with E-state index in [2.05, 4.69) is 26.1 Å². The first-order valence-corrected chi connectivity index (χ1v) is 8.04. The van der Waals surface area contributed by atoms with Crippen LogP contribution in [0.25, 0.3) is 0 Å². The first-order chi connectivity index (χ1) is 10.9. The summed E-state index contributed by atoms with van der Waals surface area (Å²) in [6.45, 7) is 12.8. The molecule has 138 valence electrons. The van der Waals surface area contributed by atoms with Crippen molar-refractivity contribution in [3.8, 4) is 0 Å². The number of Topliss-reactive ketones (excluding diaryl/α,β-unsaturated/α-hetero) is 2. The fraction of sp³-hybridized carbons (Fsp3) is 0.750. The van der Waals surface area contributed by atoms with Gasteiger partial charge in [0, 0.05) is 5.60 Å². The molecule has 0 aromatic rings.